The molecule has 0 saturated carbocycles. The van der Waals surface area contributed by atoms with Crippen molar-refractivity contribution in [3.8, 4) is 0 Å². The van der Waals surface area contributed by atoms with E-state index in [0.717, 1.165) is 10.5 Å². The largest absolute Gasteiger partial charge is 0.465 e. The zero-order chi connectivity index (χ0) is 16.3. The van der Waals surface area contributed by atoms with Crippen molar-refractivity contribution >= 4 is 23.5 Å². The van der Waals surface area contributed by atoms with Gasteiger partial charge in [0.25, 0.3) is 11.8 Å². The first-order valence-corrected chi connectivity index (χ1v) is 6.62. The van der Waals surface area contributed by atoms with Crippen LogP contribution in [0.3, 0.4) is 0 Å². The second-order valence-corrected chi connectivity index (χ2v) is 4.72. The lowest BCUT2D eigenvalue weighted by Crippen LogP contribution is -2.34. The van der Waals surface area contributed by atoms with Gasteiger partial charge >= 0.3 is 5.97 Å². The van der Waals surface area contributed by atoms with Crippen molar-refractivity contribution in [2.24, 2.45) is 0 Å². The number of β-amino-alcohol motifs (C(OH)–C–C–N with tert-alkyl or cyclic N) is 1. The van der Waals surface area contributed by atoms with E-state index in [1.807, 2.05) is 0 Å². The minimum atomic E-state index is -0.490. The minimum Gasteiger partial charge on any atom is -0.465 e. The van der Waals surface area contributed by atoms with E-state index >= 15 is 0 Å². The molecule has 22 heavy (non-hydrogen) atoms. The first-order chi connectivity index (χ1) is 10.5. The number of ether oxygens (including phenoxy) is 1. The minimum absolute atomic E-state index is 0.0421. The number of hydrogen-bond donors (Lipinski definition) is 2. The molecule has 7 nitrogen and oxygen atoms in total. The number of nitrogens with one attached hydrogen (secondary N) is 1. The average Bonchev–Trinajstić information content (AvgIpc) is 2.76. The second-order valence-electron chi connectivity index (χ2n) is 4.72. The lowest BCUT2D eigenvalue weighted by atomic mass is 10.1. The molecule has 0 aromatic heterocycles. The van der Waals surface area contributed by atoms with Crippen LogP contribution in [0.25, 0.3) is 0 Å². The summed E-state index contributed by atoms with van der Waals surface area (Å²) in [5.41, 5.74) is 1.86. The van der Waals surface area contributed by atoms with E-state index in [4.69, 9.17) is 5.11 Å². The molecule has 1 aliphatic heterocycles. The molecule has 2 amide bonds. The molecule has 1 aromatic carbocycles. The molecule has 0 bridgehead atoms. The van der Waals surface area contributed by atoms with Gasteiger partial charge in [-0.2, -0.15) is 0 Å². The van der Waals surface area contributed by atoms with E-state index in [1.165, 1.54) is 13.2 Å². The summed E-state index contributed by atoms with van der Waals surface area (Å²) in [6.45, 7) is 1.44. The molecule has 1 aromatic rings. The van der Waals surface area contributed by atoms with Crippen LogP contribution in [-0.4, -0.2) is 48.1 Å². The summed E-state index contributed by atoms with van der Waals surface area (Å²) in [7, 11) is 1.30. The number of aliphatic hydroxyl groups excluding tert-OH is 1. The quantitative estimate of drug-likeness (QED) is 0.605. The van der Waals surface area contributed by atoms with Gasteiger partial charge in [-0.3, -0.25) is 14.5 Å². The highest BCUT2D eigenvalue weighted by molar-refractivity contribution is 6.17. The zero-order valence-corrected chi connectivity index (χ0v) is 12.3. The number of carbonyl (C=O) groups is 3. The highest BCUT2D eigenvalue weighted by atomic mass is 16.5. The average molecular weight is 304 g/mol. The highest BCUT2D eigenvalue weighted by Gasteiger charge is 2.30. The van der Waals surface area contributed by atoms with Gasteiger partial charge in [0.05, 0.1) is 25.8 Å². The topological polar surface area (TPSA) is 95.9 Å². The number of methoxy groups -OCH3 is 1. The predicted molar refractivity (Wildman–Crippen MR) is 78.0 cm³/mol. The van der Waals surface area contributed by atoms with Crippen LogP contribution in [0.5, 0.6) is 0 Å². The van der Waals surface area contributed by atoms with Gasteiger partial charge in [-0.25, -0.2) is 4.79 Å². The number of imide groups is 1. The van der Waals surface area contributed by atoms with Gasteiger partial charge in [-0.1, -0.05) is 0 Å². The highest BCUT2D eigenvalue weighted by Crippen LogP contribution is 2.21. The van der Waals surface area contributed by atoms with Crippen LogP contribution >= 0.6 is 0 Å². The number of hydrogen-bond acceptors (Lipinski definition) is 6. The van der Waals surface area contributed by atoms with E-state index in [1.54, 1.807) is 25.1 Å². The molecule has 2 N–H and O–H groups in total. The van der Waals surface area contributed by atoms with Crippen molar-refractivity contribution in [1.29, 1.82) is 0 Å². The van der Waals surface area contributed by atoms with Crippen LogP contribution in [0.2, 0.25) is 0 Å². The Morgan fingerprint density at radius 1 is 1.36 bits per heavy atom. The van der Waals surface area contributed by atoms with Gasteiger partial charge in [-0.15, -0.1) is 0 Å². The van der Waals surface area contributed by atoms with Crippen molar-refractivity contribution in [1.82, 2.24) is 4.90 Å². The number of esters is 1. The molecule has 0 saturated heterocycles. The van der Waals surface area contributed by atoms with Gasteiger partial charge in [0.1, 0.15) is 5.70 Å². The van der Waals surface area contributed by atoms with Gasteiger partial charge < -0.3 is 15.2 Å². The van der Waals surface area contributed by atoms with Crippen molar-refractivity contribution in [3.63, 3.8) is 0 Å². The molecule has 2 rings (SSSR count). The Labute approximate surface area is 127 Å². The van der Waals surface area contributed by atoms with Crippen LogP contribution in [0.15, 0.2) is 30.0 Å². The molecule has 0 spiro atoms. The molecule has 0 atom stereocenters. The Kier molecular flexibility index (Phi) is 4.57. The standard InChI is InChI=1S/C15H16N2O5/c1-9-7-10(15(21)22-2)3-4-11(9)16-12-8-13(19)17(5-6-18)14(12)20/h3-4,7-8,16,18H,5-6H2,1-2H3. The Balaban J connectivity index is 2.18. The Bertz CT molecular complexity index is 666. The molecular weight excluding hydrogens is 288 g/mol. The van der Waals surface area contributed by atoms with Crippen LogP contribution in [0.1, 0.15) is 15.9 Å². The van der Waals surface area contributed by atoms with Crippen molar-refractivity contribution < 1.29 is 24.2 Å². The molecule has 1 aliphatic rings. The molecule has 1 heterocycles. The summed E-state index contributed by atoms with van der Waals surface area (Å²) in [6.07, 6.45) is 1.19. The van der Waals surface area contributed by atoms with E-state index in [-0.39, 0.29) is 18.8 Å². The molecule has 0 radical (unpaired) electrons. The number of nitrogens with zero attached hydrogens (tertiary/aromatic N) is 1. The fourth-order valence-electron chi connectivity index (χ4n) is 2.10. The monoisotopic (exact) mass is 304 g/mol. The molecule has 0 aliphatic carbocycles. The first kappa shape index (κ1) is 15.7. The van der Waals surface area contributed by atoms with Crippen LogP contribution in [-0.2, 0) is 14.3 Å². The SMILES string of the molecule is COC(=O)c1ccc(NC2=CC(=O)N(CCO)C2=O)c(C)c1. The van der Waals surface area contributed by atoms with Gasteiger partial charge in [0.2, 0.25) is 0 Å². The summed E-state index contributed by atoms with van der Waals surface area (Å²) < 4.78 is 4.64. The number of benzene rings is 1. The van der Waals surface area contributed by atoms with E-state index in [9.17, 15) is 14.4 Å². The maximum atomic E-state index is 12.0. The van der Waals surface area contributed by atoms with Crippen molar-refractivity contribution in [3.05, 3.63) is 41.1 Å². The third-order valence-electron chi connectivity index (χ3n) is 3.25. The van der Waals surface area contributed by atoms with Crippen LogP contribution < -0.4 is 5.32 Å². The van der Waals surface area contributed by atoms with Gasteiger partial charge in [0, 0.05) is 11.8 Å². The fraction of sp³-hybridized carbons (Fsp3) is 0.267. The summed E-state index contributed by atoms with van der Waals surface area (Å²) in [6, 6.07) is 4.82. The zero-order valence-electron chi connectivity index (χ0n) is 12.3. The van der Waals surface area contributed by atoms with Gasteiger partial charge in [0.15, 0.2) is 0 Å². The summed E-state index contributed by atoms with van der Waals surface area (Å²) in [5.74, 6) is -1.41. The third kappa shape index (κ3) is 2.99. The normalized spacial score (nSPS) is 14.1. The fourth-order valence-corrected chi connectivity index (χ4v) is 2.10. The smallest absolute Gasteiger partial charge is 0.337 e. The Hall–Kier alpha value is -2.67. The summed E-state index contributed by atoms with van der Waals surface area (Å²) in [5, 5.41) is 11.7. The van der Waals surface area contributed by atoms with E-state index in [0.29, 0.717) is 11.3 Å². The number of amides is 2. The number of anilines is 1. The van der Waals surface area contributed by atoms with Gasteiger partial charge in [-0.05, 0) is 30.7 Å². The number of rotatable bonds is 5. The van der Waals surface area contributed by atoms with Crippen LogP contribution in [0.4, 0.5) is 5.69 Å². The van der Waals surface area contributed by atoms with Crippen molar-refractivity contribution in [2.45, 2.75) is 6.92 Å². The van der Waals surface area contributed by atoms with E-state index < -0.39 is 17.8 Å². The number of aryl methyl sites for hydroxylation is 1. The Morgan fingerprint density at radius 3 is 2.68 bits per heavy atom. The predicted octanol–water partition coefficient (Wildman–Crippen LogP) is 0.439. The maximum Gasteiger partial charge on any atom is 0.337 e. The molecule has 116 valence electrons. The molecule has 7 heteroatoms. The summed E-state index contributed by atoms with van der Waals surface area (Å²) >= 11 is 0. The maximum absolute atomic E-state index is 12.0. The first-order valence-electron chi connectivity index (χ1n) is 6.62. The number of carbonyl (C=O) groups excluding carboxylic acids is 3. The lowest BCUT2D eigenvalue weighted by molar-refractivity contribution is -0.137. The van der Waals surface area contributed by atoms with E-state index in [2.05, 4.69) is 10.1 Å². The molecule has 0 unspecified atom stereocenters. The number of aliphatic hydroxyl groups is 1. The van der Waals surface area contributed by atoms with Crippen LogP contribution in [0, 0.1) is 6.92 Å². The lowest BCUT2D eigenvalue weighted by Gasteiger charge is -2.14. The second kappa shape index (κ2) is 6.40. The molecule has 0 fully saturated rings. The summed E-state index contributed by atoms with van der Waals surface area (Å²) in [4.78, 5) is 36.1. The van der Waals surface area contributed by atoms with Crippen molar-refractivity contribution in [2.75, 3.05) is 25.6 Å². The Morgan fingerprint density at radius 2 is 2.09 bits per heavy atom. The third-order valence-corrected chi connectivity index (χ3v) is 3.25. The molecular formula is C15H16N2O5.